The fraction of sp³-hybridized carbons (Fsp3) is 0.533. The van der Waals surface area contributed by atoms with Gasteiger partial charge in [0.25, 0.3) is 0 Å². The fourth-order valence-corrected chi connectivity index (χ4v) is 2.99. The van der Waals surface area contributed by atoms with Gasteiger partial charge in [-0.05, 0) is 48.0 Å². The third-order valence-electron chi connectivity index (χ3n) is 4.42. The van der Waals surface area contributed by atoms with Crippen LogP contribution in [0.5, 0.6) is 0 Å². The second-order valence-electron chi connectivity index (χ2n) is 5.62. The highest BCUT2D eigenvalue weighted by Crippen LogP contribution is 2.31. The van der Waals surface area contributed by atoms with Crippen LogP contribution in [-0.2, 0) is 10.3 Å². The molecule has 1 aromatic carbocycles. The first kappa shape index (κ1) is 15.4. The third-order valence-corrected chi connectivity index (χ3v) is 4.67. The Morgan fingerprint density at radius 1 is 1.23 bits per heavy atom. The number of ether oxygens (including phenoxy) is 1. The van der Waals surface area contributed by atoms with Gasteiger partial charge in [0, 0.05) is 18.1 Å². The quantitative estimate of drug-likeness (QED) is 0.864. The molecule has 7 heteroatoms. The number of hydrogen-bond donors (Lipinski definition) is 0. The molecule has 0 radical (unpaired) electrons. The zero-order valence-corrected chi connectivity index (χ0v) is 13.6. The van der Waals surface area contributed by atoms with E-state index in [-0.39, 0.29) is 5.54 Å². The Labute approximate surface area is 135 Å². The molecule has 1 atom stereocenters. The molecule has 0 N–H and O–H groups in total. The van der Waals surface area contributed by atoms with Crippen molar-refractivity contribution < 1.29 is 4.74 Å². The monoisotopic (exact) mass is 321 g/mol. The molecule has 1 aliphatic rings. The van der Waals surface area contributed by atoms with E-state index in [0.717, 1.165) is 44.2 Å². The summed E-state index contributed by atoms with van der Waals surface area (Å²) in [4.78, 5) is 2.40. The Morgan fingerprint density at radius 2 is 1.91 bits per heavy atom. The van der Waals surface area contributed by atoms with Gasteiger partial charge < -0.3 is 4.74 Å². The van der Waals surface area contributed by atoms with Crippen molar-refractivity contribution in [2.24, 2.45) is 0 Å². The maximum atomic E-state index is 5.97. The highest BCUT2D eigenvalue weighted by atomic mass is 35.5. The Morgan fingerprint density at radius 3 is 2.55 bits per heavy atom. The summed E-state index contributed by atoms with van der Waals surface area (Å²) in [5.41, 5.74) is 0.685. The SMILES string of the molecule is CC[C@@](C)(c1nnnn1-c1ccc(Cl)cc1)N1CCOCC1. The molecule has 3 rings (SSSR count). The zero-order valence-electron chi connectivity index (χ0n) is 12.9. The van der Waals surface area contributed by atoms with E-state index in [1.807, 2.05) is 24.3 Å². The van der Waals surface area contributed by atoms with Gasteiger partial charge in [-0.3, -0.25) is 4.90 Å². The number of tetrazole rings is 1. The molecule has 2 aromatic rings. The van der Waals surface area contributed by atoms with Gasteiger partial charge in [0.2, 0.25) is 0 Å². The lowest BCUT2D eigenvalue weighted by Gasteiger charge is -2.41. The summed E-state index contributed by atoms with van der Waals surface area (Å²) < 4.78 is 7.27. The van der Waals surface area contributed by atoms with E-state index in [1.165, 1.54) is 0 Å². The molecule has 0 spiro atoms. The Hall–Kier alpha value is -1.50. The second kappa shape index (κ2) is 6.32. The molecule has 0 unspecified atom stereocenters. The average molecular weight is 322 g/mol. The Balaban J connectivity index is 1.99. The number of nitrogens with zero attached hydrogens (tertiary/aromatic N) is 5. The summed E-state index contributed by atoms with van der Waals surface area (Å²) in [6.45, 7) is 7.62. The lowest BCUT2D eigenvalue weighted by molar-refractivity contribution is -0.0240. The molecule has 118 valence electrons. The Kier molecular flexibility index (Phi) is 4.42. The fourth-order valence-electron chi connectivity index (χ4n) is 2.86. The van der Waals surface area contributed by atoms with E-state index >= 15 is 0 Å². The number of hydrogen-bond acceptors (Lipinski definition) is 5. The molecular formula is C15H20ClN5O. The van der Waals surface area contributed by atoms with Crippen molar-refractivity contribution in [2.45, 2.75) is 25.8 Å². The van der Waals surface area contributed by atoms with Crippen LogP contribution in [0.15, 0.2) is 24.3 Å². The van der Waals surface area contributed by atoms with Crippen molar-refractivity contribution >= 4 is 11.6 Å². The summed E-state index contributed by atoms with van der Waals surface area (Å²) in [5.74, 6) is 0.847. The molecule has 1 saturated heterocycles. The van der Waals surface area contributed by atoms with Gasteiger partial charge in [-0.25, -0.2) is 0 Å². The van der Waals surface area contributed by atoms with Crippen molar-refractivity contribution in [1.82, 2.24) is 25.1 Å². The average Bonchev–Trinajstić information content (AvgIpc) is 3.06. The minimum Gasteiger partial charge on any atom is -0.379 e. The van der Waals surface area contributed by atoms with E-state index in [0.29, 0.717) is 5.02 Å². The molecule has 0 bridgehead atoms. The van der Waals surface area contributed by atoms with Crippen molar-refractivity contribution in [3.63, 3.8) is 0 Å². The molecule has 1 fully saturated rings. The smallest absolute Gasteiger partial charge is 0.176 e. The largest absolute Gasteiger partial charge is 0.379 e. The number of rotatable bonds is 4. The van der Waals surface area contributed by atoms with Crippen LogP contribution in [0.3, 0.4) is 0 Å². The standard InChI is InChI=1S/C15H20ClN5O/c1-3-15(2,20-8-10-22-11-9-20)14-17-18-19-21(14)13-6-4-12(16)5-7-13/h4-7H,3,8-11H2,1-2H3/t15-/m0/s1. The molecule has 0 amide bonds. The summed E-state index contributed by atoms with van der Waals surface area (Å²) >= 11 is 5.97. The van der Waals surface area contributed by atoms with Gasteiger partial charge in [0.15, 0.2) is 5.82 Å². The second-order valence-corrected chi connectivity index (χ2v) is 6.05. The predicted octanol–water partition coefficient (Wildman–Crippen LogP) is 2.27. The van der Waals surface area contributed by atoms with E-state index < -0.39 is 0 Å². The normalized spacial score (nSPS) is 19.0. The maximum Gasteiger partial charge on any atom is 0.176 e. The minimum atomic E-state index is -0.229. The summed E-state index contributed by atoms with van der Waals surface area (Å²) in [5, 5.41) is 13.1. The number of aromatic nitrogens is 4. The molecule has 22 heavy (non-hydrogen) atoms. The topological polar surface area (TPSA) is 56.1 Å². The van der Waals surface area contributed by atoms with Gasteiger partial charge in [-0.15, -0.1) is 5.10 Å². The van der Waals surface area contributed by atoms with Crippen LogP contribution >= 0.6 is 11.6 Å². The van der Waals surface area contributed by atoms with Crippen molar-refractivity contribution in [3.8, 4) is 5.69 Å². The van der Waals surface area contributed by atoms with Gasteiger partial charge in [0.05, 0.1) is 24.4 Å². The zero-order chi connectivity index (χ0) is 15.6. The van der Waals surface area contributed by atoms with E-state index in [1.54, 1.807) is 4.68 Å². The first-order chi connectivity index (χ1) is 10.6. The van der Waals surface area contributed by atoms with Gasteiger partial charge >= 0.3 is 0 Å². The Bertz CT molecular complexity index is 623. The first-order valence-electron chi connectivity index (χ1n) is 7.53. The molecule has 2 heterocycles. The summed E-state index contributed by atoms with van der Waals surface area (Å²) in [7, 11) is 0. The van der Waals surface area contributed by atoms with Crippen LogP contribution in [-0.4, -0.2) is 51.4 Å². The summed E-state index contributed by atoms with van der Waals surface area (Å²) in [6.07, 6.45) is 0.918. The maximum absolute atomic E-state index is 5.97. The molecule has 1 aromatic heterocycles. The highest BCUT2D eigenvalue weighted by molar-refractivity contribution is 6.30. The van der Waals surface area contributed by atoms with Crippen molar-refractivity contribution in [1.29, 1.82) is 0 Å². The summed E-state index contributed by atoms with van der Waals surface area (Å²) in [6, 6.07) is 7.55. The van der Waals surface area contributed by atoms with Crippen molar-refractivity contribution in [2.75, 3.05) is 26.3 Å². The van der Waals surface area contributed by atoms with E-state index in [9.17, 15) is 0 Å². The van der Waals surface area contributed by atoms with E-state index in [2.05, 4.69) is 34.3 Å². The van der Waals surface area contributed by atoms with Gasteiger partial charge in [0.1, 0.15) is 0 Å². The number of benzene rings is 1. The van der Waals surface area contributed by atoms with Crippen LogP contribution in [0.4, 0.5) is 0 Å². The van der Waals surface area contributed by atoms with E-state index in [4.69, 9.17) is 16.3 Å². The lowest BCUT2D eigenvalue weighted by Crippen LogP contribution is -2.50. The molecule has 0 aliphatic carbocycles. The van der Waals surface area contributed by atoms with Crippen LogP contribution in [0, 0.1) is 0 Å². The number of morpholine rings is 1. The van der Waals surface area contributed by atoms with Gasteiger partial charge in [-0.1, -0.05) is 18.5 Å². The van der Waals surface area contributed by atoms with Crippen LogP contribution in [0.2, 0.25) is 5.02 Å². The lowest BCUT2D eigenvalue weighted by atomic mass is 9.94. The highest BCUT2D eigenvalue weighted by Gasteiger charge is 2.38. The first-order valence-corrected chi connectivity index (χ1v) is 7.90. The molecular weight excluding hydrogens is 302 g/mol. The minimum absolute atomic E-state index is 0.229. The van der Waals surface area contributed by atoms with Crippen LogP contribution in [0.1, 0.15) is 26.1 Å². The van der Waals surface area contributed by atoms with Crippen LogP contribution < -0.4 is 0 Å². The molecule has 6 nitrogen and oxygen atoms in total. The van der Waals surface area contributed by atoms with Crippen LogP contribution in [0.25, 0.3) is 5.69 Å². The predicted molar refractivity (Wildman–Crippen MR) is 84.2 cm³/mol. The van der Waals surface area contributed by atoms with Crippen molar-refractivity contribution in [3.05, 3.63) is 35.1 Å². The number of halogens is 1. The van der Waals surface area contributed by atoms with Gasteiger partial charge in [-0.2, -0.15) is 4.68 Å². The molecule has 0 saturated carbocycles. The third kappa shape index (κ3) is 2.74. The molecule has 1 aliphatic heterocycles.